The quantitative estimate of drug-likeness (QED) is 0.811. The SMILES string of the molecule is Cc1nc(CN(C)CC(O)CN(C)Cc2ccccc2)cs1. The van der Waals surface area contributed by atoms with Crippen LogP contribution in [0.15, 0.2) is 35.7 Å². The second-order valence-corrected chi connectivity index (χ2v) is 6.95. The lowest BCUT2D eigenvalue weighted by atomic mass is 10.2. The van der Waals surface area contributed by atoms with Crippen LogP contribution in [0.5, 0.6) is 0 Å². The molecule has 0 aliphatic heterocycles. The van der Waals surface area contributed by atoms with E-state index in [0.717, 1.165) is 23.8 Å². The monoisotopic (exact) mass is 319 g/mol. The fourth-order valence-electron chi connectivity index (χ4n) is 2.56. The van der Waals surface area contributed by atoms with E-state index in [9.17, 15) is 5.11 Å². The molecule has 4 nitrogen and oxygen atoms in total. The molecule has 5 heteroatoms. The van der Waals surface area contributed by atoms with Crippen LogP contribution in [-0.2, 0) is 13.1 Å². The molecule has 1 aromatic heterocycles. The molecule has 2 aromatic rings. The second kappa shape index (κ2) is 8.39. The van der Waals surface area contributed by atoms with Crippen molar-refractivity contribution in [1.29, 1.82) is 0 Å². The molecule has 0 saturated heterocycles. The maximum atomic E-state index is 10.3. The zero-order valence-electron chi connectivity index (χ0n) is 13.6. The number of thiazole rings is 1. The van der Waals surface area contributed by atoms with Crippen LogP contribution in [0.4, 0.5) is 0 Å². The van der Waals surface area contributed by atoms with E-state index in [2.05, 4.69) is 32.3 Å². The zero-order chi connectivity index (χ0) is 15.9. The van der Waals surface area contributed by atoms with Gasteiger partial charge in [-0.15, -0.1) is 11.3 Å². The highest BCUT2D eigenvalue weighted by Gasteiger charge is 2.12. The Hall–Kier alpha value is -1.27. The van der Waals surface area contributed by atoms with Crippen molar-refractivity contribution >= 4 is 11.3 Å². The van der Waals surface area contributed by atoms with E-state index in [0.29, 0.717) is 13.1 Å². The van der Waals surface area contributed by atoms with Crippen LogP contribution < -0.4 is 0 Å². The Balaban J connectivity index is 1.73. The Kier molecular flexibility index (Phi) is 6.51. The van der Waals surface area contributed by atoms with Gasteiger partial charge in [0, 0.05) is 31.6 Å². The van der Waals surface area contributed by atoms with Gasteiger partial charge in [0.2, 0.25) is 0 Å². The topological polar surface area (TPSA) is 39.6 Å². The largest absolute Gasteiger partial charge is 0.390 e. The molecule has 0 aliphatic carbocycles. The van der Waals surface area contributed by atoms with Crippen LogP contribution in [0.25, 0.3) is 0 Å². The number of benzene rings is 1. The van der Waals surface area contributed by atoms with E-state index in [1.54, 1.807) is 11.3 Å². The van der Waals surface area contributed by atoms with Gasteiger partial charge in [-0.2, -0.15) is 0 Å². The molecule has 1 N–H and O–H groups in total. The number of aromatic nitrogens is 1. The van der Waals surface area contributed by atoms with Crippen molar-refractivity contribution in [3.05, 3.63) is 52.0 Å². The average molecular weight is 319 g/mol. The molecule has 0 bridgehead atoms. The van der Waals surface area contributed by atoms with Gasteiger partial charge in [0.15, 0.2) is 0 Å². The molecule has 120 valence electrons. The summed E-state index contributed by atoms with van der Waals surface area (Å²) in [5.74, 6) is 0. The standard InChI is InChI=1S/C17H25N3OS/c1-14-18-16(13-22-14)10-20(3)12-17(21)11-19(2)9-15-7-5-4-6-8-15/h4-8,13,17,21H,9-12H2,1-3H3. The molecule has 1 atom stereocenters. The van der Waals surface area contributed by atoms with Crippen LogP contribution in [0.3, 0.4) is 0 Å². The van der Waals surface area contributed by atoms with Gasteiger partial charge in [0.1, 0.15) is 0 Å². The summed E-state index contributed by atoms with van der Waals surface area (Å²) in [4.78, 5) is 8.73. The lowest BCUT2D eigenvalue weighted by Gasteiger charge is -2.24. The molecule has 0 amide bonds. The predicted octanol–water partition coefficient (Wildman–Crippen LogP) is 2.38. The molecule has 1 heterocycles. The Morgan fingerprint density at radius 2 is 1.73 bits per heavy atom. The number of hydrogen-bond acceptors (Lipinski definition) is 5. The lowest BCUT2D eigenvalue weighted by molar-refractivity contribution is 0.0864. The van der Waals surface area contributed by atoms with Crippen LogP contribution in [0, 0.1) is 6.92 Å². The Morgan fingerprint density at radius 3 is 2.32 bits per heavy atom. The van der Waals surface area contributed by atoms with Gasteiger partial charge in [-0.25, -0.2) is 4.98 Å². The molecule has 0 saturated carbocycles. The number of aliphatic hydroxyl groups excluding tert-OH is 1. The highest BCUT2D eigenvalue weighted by molar-refractivity contribution is 7.09. The van der Waals surface area contributed by atoms with Gasteiger partial charge in [-0.3, -0.25) is 9.80 Å². The highest BCUT2D eigenvalue weighted by atomic mass is 32.1. The van der Waals surface area contributed by atoms with E-state index in [1.165, 1.54) is 5.56 Å². The maximum absolute atomic E-state index is 10.3. The summed E-state index contributed by atoms with van der Waals surface area (Å²) < 4.78 is 0. The number of hydrogen-bond donors (Lipinski definition) is 1. The summed E-state index contributed by atoms with van der Waals surface area (Å²) in [5.41, 5.74) is 2.35. The summed E-state index contributed by atoms with van der Waals surface area (Å²) in [5, 5.41) is 13.4. The minimum absolute atomic E-state index is 0.363. The van der Waals surface area contributed by atoms with Gasteiger partial charge in [0.05, 0.1) is 16.8 Å². The first kappa shape index (κ1) is 17.1. The molecule has 22 heavy (non-hydrogen) atoms. The second-order valence-electron chi connectivity index (χ2n) is 5.89. The van der Waals surface area contributed by atoms with Crippen molar-refractivity contribution in [2.24, 2.45) is 0 Å². The van der Waals surface area contributed by atoms with Crippen LogP contribution >= 0.6 is 11.3 Å². The van der Waals surface area contributed by atoms with Crippen LogP contribution in [0.2, 0.25) is 0 Å². The van der Waals surface area contributed by atoms with Crippen LogP contribution in [-0.4, -0.2) is 53.2 Å². The van der Waals surface area contributed by atoms with Gasteiger partial charge in [0.25, 0.3) is 0 Å². The Labute approximate surface area is 137 Å². The van der Waals surface area contributed by atoms with E-state index in [-0.39, 0.29) is 6.10 Å². The summed E-state index contributed by atoms with van der Waals surface area (Å²) >= 11 is 1.67. The predicted molar refractivity (Wildman–Crippen MR) is 92.0 cm³/mol. The third-order valence-electron chi connectivity index (χ3n) is 3.44. The van der Waals surface area contributed by atoms with Crippen molar-refractivity contribution in [2.45, 2.75) is 26.1 Å². The zero-order valence-corrected chi connectivity index (χ0v) is 14.4. The summed E-state index contributed by atoms with van der Waals surface area (Å²) in [6.07, 6.45) is -0.363. The van der Waals surface area contributed by atoms with E-state index < -0.39 is 0 Å². The summed E-state index contributed by atoms with van der Waals surface area (Å²) in [7, 11) is 4.06. The van der Waals surface area contributed by atoms with Gasteiger partial charge < -0.3 is 5.11 Å². The molecule has 1 unspecified atom stereocenters. The smallest absolute Gasteiger partial charge is 0.0897 e. The lowest BCUT2D eigenvalue weighted by Crippen LogP contribution is -2.37. The third-order valence-corrected chi connectivity index (χ3v) is 4.26. The number of aryl methyl sites for hydroxylation is 1. The minimum atomic E-state index is -0.363. The van der Waals surface area contributed by atoms with Crippen molar-refractivity contribution in [3.63, 3.8) is 0 Å². The summed E-state index contributed by atoms with van der Waals surface area (Å²) in [6.45, 7) is 4.96. The number of nitrogens with zero attached hydrogens (tertiary/aromatic N) is 3. The molecule has 0 fully saturated rings. The number of rotatable bonds is 8. The van der Waals surface area contributed by atoms with Crippen molar-refractivity contribution < 1.29 is 5.11 Å². The Morgan fingerprint density at radius 1 is 1.09 bits per heavy atom. The fraction of sp³-hybridized carbons (Fsp3) is 0.471. The molecule has 1 aromatic carbocycles. The van der Waals surface area contributed by atoms with E-state index >= 15 is 0 Å². The fourth-order valence-corrected chi connectivity index (χ4v) is 3.16. The first-order valence-corrected chi connectivity index (χ1v) is 8.41. The maximum Gasteiger partial charge on any atom is 0.0897 e. The molecular weight excluding hydrogens is 294 g/mol. The van der Waals surface area contributed by atoms with E-state index in [1.807, 2.05) is 39.2 Å². The highest BCUT2D eigenvalue weighted by Crippen LogP contribution is 2.10. The van der Waals surface area contributed by atoms with Crippen molar-refractivity contribution in [2.75, 3.05) is 27.2 Å². The van der Waals surface area contributed by atoms with Gasteiger partial charge in [-0.05, 0) is 26.6 Å². The molecule has 0 aliphatic rings. The molecule has 0 radical (unpaired) electrons. The number of aliphatic hydroxyl groups is 1. The molecular formula is C17H25N3OS. The average Bonchev–Trinajstić information content (AvgIpc) is 2.84. The first-order chi connectivity index (χ1) is 10.5. The van der Waals surface area contributed by atoms with Crippen molar-refractivity contribution in [1.82, 2.24) is 14.8 Å². The van der Waals surface area contributed by atoms with Gasteiger partial charge >= 0.3 is 0 Å². The molecule has 0 spiro atoms. The minimum Gasteiger partial charge on any atom is -0.390 e. The molecule has 2 rings (SSSR count). The van der Waals surface area contributed by atoms with E-state index in [4.69, 9.17) is 0 Å². The third kappa shape index (κ3) is 5.85. The van der Waals surface area contributed by atoms with Crippen LogP contribution in [0.1, 0.15) is 16.3 Å². The van der Waals surface area contributed by atoms with Crippen molar-refractivity contribution in [3.8, 4) is 0 Å². The normalized spacial score (nSPS) is 13.0. The Bertz CT molecular complexity index is 558. The first-order valence-electron chi connectivity index (χ1n) is 7.53. The number of likely N-dealkylation sites (N-methyl/N-ethyl adjacent to an activating group) is 2. The van der Waals surface area contributed by atoms with Gasteiger partial charge in [-0.1, -0.05) is 30.3 Å². The summed E-state index contributed by atoms with van der Waals surface area (Å²) in [6, 6.07) is 10.3.